The highest BCUT2D eigenvalue weighted by Crippen LogP contribution is 2.24. The topological polar surface area (TPSA) is 72.5 Å². The van der Waals surface area contributed by atoms with E-state index in [2.05, 4.69) is 0 Å². The highest BCUT2D eigenvalue weighted by atomic mass is 16.5. The zero-order valence-corrected chi connectivity index (χ0v) is 7.90. The molecule has 1 aliphatic carbocycles. The lowest BCUT2D eigenvalue weighted by molar-refractivity contribution is -0.150. The van der Waals surface area contributed by atoms with Crippen LogP contribution in [0.5, 0.6) is 0 Å². The minimum absolute atomic E-state index is 0.113. The number of rotatable bonds is 2. The Bertz CT molecular complexity index is 184. The average molecular weight is 187 g/mol. The van der Waals surface area contributed by atoms with E-state index >= 15 is 0 Å². The summed E-state index contributed by atoms with van der Waals surface area (Å²) in [5, 5.41) is 9.33. The van der Waals surface area contributed by atoms with E-state index in [-0.39, 0.29) is 17.9 Å². The third-order valence-electron chi connectivity index (χ3n) is 2.48. The zero-order valence-electron chi connectivity index (χ0n) is 7.90. The van der Waals surface area contributed by atoms with Crippen LogP contribution in [0.15, 0.2) is 0 Å². The van der Waals surface area contributed by atoms with Crippen LogP contribution < -0.4 is 5.73 Å². The van der Waals surface area contributed by atoms with Crippen LogP contribution in [0.4, 0.5) is 0 Å². The molecular weight excluding hydrogens is 170 g/mol. The SMILES string of the molecule is CCOC(=O)[C@@H]1CC[C@@H](O)[C@@H](N)C1. The van der Waals surface area contributed by atoms with Crippen molar-refractivity contribution in [2.75, 3.05) is 6.61 Å². The van der Waals surface area contributed by atoms with Gasteiger partial charge >= 0.3 is 5.97 Å². The van der Waals surface area contributed by atoms with Gasteiger partial charge in [0.15, 0.2) is 0 Å². The molecule has 3 N–H and O–H groups in total. The van der Waals surface area contributed by atoms with E-state index in [1.165, 1.54) is 0 Å². The van der Waals surface area contributed by atoms with E-state index in [0.717, 1.165) is 0 Å². The molecule has 1 rings (SSSR count). The van der Waals surface area contributed by atoms with Gasteiger partial charge in [-0.05, 0) is 26.2 Å². The van der Waals surface area contributed by atoms with Gasteiger partial charge in [-0.25, -0.2) is 0 Å². The van der Waals surface area contributed by atoms with Gasteiger partial charge < -0.3 is 15.6 Å². The monoisotopic (exact) mass is 187 g/mol. The number of ether oxygens (including phenoxy) is 1. The molecule has 0 aliphatic heterocycles. The zero-order chi connectivity index (χ0) is 9.84. The molecule has 4 heteroatoms. The summed E-state index contributed by atoms with van der Waals surface area (Å²) >= 11 is 0. The molecule has 0 aromatic rings. The molecule has 0 spiro atoms. The van der Waals surface area contributed by atoms with Crippen molar-refractivity contribution < 1.29 is 14.6 Å². The van der Waals surface area contributed by atoms with Crippen molar-refractivity contribution in [1.29, 1.82) is 0 Å². The van der Waals surface area contributed by atoms with Gasteiger partial charge in [-0.15, -0.1) is 0 Å². The van der Waals surface area contributed by atoms with Crippen LogP contribution in [0.3, 0.4) is 0 Å². The molecule has 0 aromatic carbocycles. The number of nitrogens with two attached hydrogens (primary N) is 1. The molecule has 1 aliphatic rings. The van der Waals surface area contributed by atoms with Crippen LogP contribution in [0.2, 0.25) is 0 Å². The molecule has 0 heterocycles. The maximum absolute atomic E-state index is 11.3. The lowest BCUT2D eigenvalue weighted by Gasteiger charge is -2.29. The Hall–Kier alpha value is -0.610. The fraction of sp³-hybridized carbons (Fsp3) is 0.889. The number of hydrogen-bond acceptors (Lipinski definition) is 4. The van der Waals surface area contributed by atoms with Gasteiger partial charge in [0.2, 0.25) is 0 Å². The third-order valence-corrected chi connectivity index (χ3v) is 2.48. The Morgan fingerprint density at radius 2 is 2.31 bits per heavy atom. The molecule has 3 atom stereocenters. The van der Waals surface area contributed by atoms with Crippen LogP contribution in [0.1, 0.15) is 26.2 Å². The molecule has 0 unspecified atom stereocenters. The van der Waals surface area contributed by atoms with Crippen LogP contribution in [-0.2, 0) is 9.53 Å². The van der Waals surface area contributed by atoms with Crippen LogP contribution in [0.25, 0.3) is 0 Å². The second kappa shape index (κ2) is 4.58. The molecule has 0 saturated heterocycles. The first kappa shape index (κ1) is 10.5. The number of aliphatic hydroxyl groups excluding tert-OH is 1. The Morgan fingerprint density at radius 3 is 2.85 bits per heavy atom. The van der Waals surface area contributed by atoms with E-state index in [4.69, 9.17) is 10.5 Å². The lowest BCUT2D eigenvalue weighted by atomic mass is 9.84. The summed E-state index contributed by atoms with van der Waals surface area (Å²) in [6.45, 7) is 2.20. The van der Waals surface area contributed by atoms with Gasteiger partial charge in [0, 0.05) is 6.04 Å². The first-order valence-electron chi connectivity index (χ1n) is 4.75. The summed E-state index contributed by atoms with van der Waals surface area (Å²) in [5.74, 6) is -0.289. The van der Waals surface area contributed by atoms with E-state index in [1.807, 2.05) is 0 Å². The molecule has 1 saturated carbocycles. The van der Waals surface area contributed by atoms with Gasteiger partial charge in [-0.1, -0.05) is 0 Å². The van der Waals surface area contributed by atoms with Gasteiger partial charge in [-0.2, -0.15) is 0 Å². The van der Waals surface area contributed by atoms with Gasteiger partial charge in [0.05, 0.1) is 18.6 Å². The van der Waals surface area contributed by atoms with E-state index in [0.29, 0.717) is 25.9 Å². The molecule has 0 bridgehead atoms. The average Bonchev–Trinajstić information content (AvgIpc) is 2.10. The fourth-order valence-electron chi connectivity index (χ4n) is 1.66. The van der Waals surface area contributed by atoms with Crippen molar-refractivity contribution in [2.24, 2.45) is 11.7 Å². The minimum Gasteiger partial charge on any atom is -0.466 e. The van der Waals surface area contributed by atoms with E-state index in [1.54, 1.807) is 6.92 Å². The second-order valence-corrected chi connectivity index (χ2v) is 3.49. The number of carbonyl (C=O) groups is 1. The van der Waals surface area contributed by atoms with Crippen molar-refractivity contribution in [2.45, 2.75) is 38.3 Å². The summed E-state index contributed by atoms with van der Waals surface area (Å²) in [6, 6.07) is -0.275. The van der Waals surface area contributed by atoms with E-state index < -0.39 is 6.10 Å². The summed E-state index contributed by atoms with van der Waals surface area (Å²) in [5.41, 5.74) is 5.64. The van der Waals surface area contributed by atoms with Crippen molar-refractivity contribution in [3.63, 3.8) is 0 Å². The molecule has 1 fully saturated rings. The quantitative estimate of drug-likeness (QED) is 0.598. The third kappa shape index (κ3) is 2.67. The first-order valence-corrected chi connectivity index (χ1v) is 4.75. The molecule has 0 aromatic heterocycles. The predicted molar refractivity (Wildman–Crippen MR) is 48.0 cm³/mol. The smallest absolute Gasteiger partial charge is 0.308 e. The Kier molecular flexibility index (Phi) is 3.69. The largest absolute Gasteiger partial charge is 0.466 e. The molecule has 0 amide bonds. The summed E-state index contributed by atoms with van der Waals surface area (Å²) in [6.07, 6.45) is 1.38. The van der Waals surface area contributed by atoms with Crippen molar-refractivity contribution in [1.82, 2.24) is 0 Å². The van der Waals surface area contributed by atoms with Crippen LogP contribution in [-0.4, -0.2) is 29.8 Å². The standard InChI is InChI=1S/C9H17NO3/c1-2-13-9(12)6-3-4-8(11)7(10)5-6/h6-8,11H,2-5,10H2,1H3/t6-,7+,8-/m1/s1. The summed E-state index contributed by atoms with van der Waals surface area (Å²) < 4.78 is 4.89. The molecule has 76 valence electrons. The fourth-order valence-corrected chi connectivity index (χ4v) is 1.66. The van der Waals surface area contributed by atoms with Gasteiger partial charge in [0.1, 0.15) is 0 Å². The predicted octanol–water partition coefficient (Wildman–Crippen LogP) is 0.0378. The first-order chi connectivity index (χ1) is 6.15. The van der Waals surface area contributed by atoms with Crippen LogP contribution in [0, 0.1) is 5.92 Å². The van der Waals surface area contributed by atoms with Crippen molar-refractivity contribution >= 4 is 5.97 Å². The number of aliphatic hydroxyl groups is 1. The van der Waals surface area contributed by atoms with E-state index in [9.17, 15) is 9.90 Å². The minimum atomic E-state index is -0.453. The maximum atomic E-state index is 11.3. The number of esters is 1. The Balaban J connectivity index is 2.40. The lowest BCUT2D eigenvalue weighted by Crippen LogP contribution is -2.42. The number of hydrogen-bond donors (Lipinski definition) is 2. The molecular formula is C9H17NO3. The van der Waals surface area contributed by atoms with Crippen molar-refractivity contribution in [3.8, 4) is 0 Å². The Labute approximate surface area is 78.1 Å². The molecule has 13 heavy (non-hydrogen) atoms. The second-order valence-electron chi connectivity index (χ2n) is 3.49. The van der Waals surface area contributed by atoms with Crippen molar-refractivity contribution in [3.05, 3.63) is 0 Å². The Morgan fingerprint density at radius 1 is 1.62 bits per heavy atom. The molecule has 0 radical (unpaired) electrons. The summed E-state index contributed by atoms with van der Waals surface area (Å²) in [4.78, 5) is 11.3. The highest BCUT2D eigenvalue weighted by molar-refractivity contribution is 5.72. The van der Waals surface area contributed by atoms with Crippen LogP contribution >= 0.6 is 0 Å². The normalized spacial score (nSPS) is 34.2. The molecule has 4 nitrogen and oxygen atoms in total. The summed E-state index contributed by atoms with van der Waals surface area (Å²) in [7, 11) is 0. The maximum Gasteiger partial charge on any atom is 0.308 e. The van der Waals surface area contributed by atoms with Gasteiger partial charge in [0.25, 0.3) is 0 Å². The number of carbonyl (C=O) groups excluding carboxylic acids is 1. The van der Waals surface area contributed by atoms with Gasteiger partial charge in [-0.3, -0.25) is 4.79 Å². The highest BCUT2D eigenvalue weighted by Gasteiger charge is 2.31.